The van der Waals surface area contributed by atoms with E-state index in [0.29, 0.717) is 6.42 Å². The fourth-order valence-corrected chi connectivity index (χ4v) is 0.901. The number of aryl methyl sites for hydroxylation is 1. The molecule has 1 aromatic rings. The van der Waals surface area contributed by atoms with Crippen molar-refractivity contribution in [2.45, 2.75) is 12.5 Å². The van der Waals surface area contributed by atoms with Crippen molar-refractivity contribution in [1.82, 2.24) is 9.78 Å². The highest BCUT2D eigenvalue weighted by Crippen LogP contribution is 2.13. The summed E-state index contributed by atoms with van der Waals surface area (Å²) in [6.07, 6.45) is 3.11. The maximum Gasteiger partial charge on any atom is 0.0842 e. The molecule has 0 aliphatic rings. The first-order valence-electron chi connectivity index (χ1n) is 3.51. The molecule has 0 fully saturated rings. The Morgan fingerprint density at radius 1 is 1.73 bits per heavy atom. The van der Waals surface area contributed by atoms with Crippen molar-refractivity contribution < 1.29 is 10.2 Å². The van der Waals surface area contributed by atoms with Crippen LogP contribution in [-0.4, -0.2) is 26.6 Å². The van der Waals surface area contributed by atoms with E-state index >= 15 is 0 Å². The lowest BCUT2D eigenvalue weighted by Gasteiger charge is -2.03. The van der Waals surface area contributed by atoms with Gasteiger partial charge in [0.25, 0.3) is 0 Å². The average Bonchev–Trinajstić information content (AvgIpc) is 2.36. The number of hydrogen-bond acceptors (Lipinski definition) is 3. The molecule has 1 heterocycles. The first-order chi connectivity index (χ1) is 5.24. The van der Waals surface area contributed by atoms with Gasteiger partial charge in [0, 0.05) is 31.8 Å². The molecular formula is C7H12N2O2. The summed E-state index contributed by atoms with van der Waals surface area (Å²) in [5.74, 6) is 0. The van der Waals surface area contributed by atoms with Gasteiger partial charge < -0.3 is 10.2 Å². The Morgan fingerprint density at radius 2 is 2.45 bits per heavy atom. The monoisotopic (exact) mass is 156 g/mol. The van der Waals surface area contributed by atoms with Crippen LogP contribution in [0.3, 0.4) is 0 Å². The first kappa shape index (κ1) is 8.23. The normalized spacial score (nSPS) is 13.4. The van der Waals surface area contributed by atoms with Crippen LogP contribution in [0.2, 0.25) is 0 Å². The van der Waals surface area contributed by atoms with Gasteiger partial charge in [-0.15, -0.1) is 0 Å². The molecule has 0 unspecified atom stereocenters. The predicted molar refractivity (Wildman–Crippen MR) is 39.9 cm³/mol. The molecular weight excluding hydrogens is 144 g/mol. The van der Waals surface area contributed by atoms with E-state index in [4.69, 9.17) is 5.11 Å². The lowest BCUT2D eigenvalue weighted by molar-refractivity contribution is 0.134. The van der Waals surface area contributed by atoms with E-state index in [9.17, 15) is 5.11 Å². The van der Waals surface area contributed by atoms with Crippen LogP contribution in [0.5, 0.6) is 0 Å². The van der Waals surface area contributed by atoms with E-state index in [-0.39, 0.29) is 6.61 Å². The van der Waals surface area contributed by atoms with E-state index in [0.717, 1.165) is 5.56 Å². The van der Waals surface area contributed by atoms with Crippen LogP contribution in [0.4, 0.5) is 0 Å². The van der Waals surface area contributed by atoms with Crippen LogP contribution in [0.1, 0.15) is 18.1 Å². The Morgan fingerprint density at radius 3 is 2.91 bits per heavy atom. The fraction of sp³-hybridized carbons (Fsp3) is 0.571. The zero-order valence-corrected chi connectivity index (χ0v) is 6.44. The Hall–Kier alpha value is -0.870. The Bertz CT molecular complexity index is 222. The molecule has 1 atom stereocenters. The third kappa shape index (κ3) is 2.03. The van der Waals surface area contributed by atoms with Gasteiger partial charge in [-0.25, -0.2) is 0 Å². The number of aromatic nitrogens is 2. The van der Waals surface area contributed by atoms with Gasteiger partial charge in [-0.1, -0.05) is 0 Å². The molecule has 1 rings (SSSR count). The third-order valence-corrected chi connectivity index (χ3v) is 1.51. The van der Waals surface area contributed by atoms with Gasteiger partial charge in [0.1, 0.15) is 0 Å². The summed E-state index contributed by atoms with van der Waals surface area (Å²) >= 11 is 0. The van der Waals surface area contributed by atoms with E-state index in [1.807, 2.05) is 0 Å². The summed E-state index contributed by atoms with van der Waals surface area (Å²) in [7, 11) is 1.79. The molecule has 0 amide bonds. The largest absolute Gasteiger partial charge is 0.396 e. The zero-order valence-electron chi connectivity index (χ0n) is 6.44. The Kier molecular flexibility index (Phi) is 2.62. The summed E-state index contributed by atoms with van der Waals surface area (Å²) in [4.78, 5) is 0. The van der Waals surface area contributed by atoms with Crippen molar-refractivity contribution >= 4 is 0 Å². The molecule has 2 N–H and O–H groups in total. The molecule has 62 valence electrons. The topological polar surface area (TPSA) is 58.3 Å². The van der Waals surface area contributed by atoms with Crippen molar-refractivity contribution in [3.8, 4) is 0 Å². The predicted octanol–water partition coefficient (Wildman–Crippen LogP) is -0.164. The van der Waals surface area contributed by atoms with Gasteiger partial charge in [0.15, 0.2) is 0 Å². The molecule has 1 aromatic heterocycles. The molecule has 0 aliphatic carbocycles. The molecule has 0 saturated carbocycles. The lowest BCUT2D eigenvalue weighted by atomic mass is 10.1. The number of hydrogen-bond donors (Lipinski definition) is 2. The summed E-state index contributed by atoms with van der Waals surface area (Å²) in [5.41, 5.74) is 0.751. The van der Waals surface area contributed by atoms with Gasteiger partial charge >= 0.3 is 0 Å². The van der Waals surface area contributed by atoms with Crippen LogP contribution in [0.25, 0.3) is 0 Å². The molecule has 0 spiro atoms. The smallest absolute Gasteiger partial charge is 0.0842 e. The van der Waals surface area contributed by atoms with Crippen molar-refractivity contribution in [3.05, 3.63) is 18.0 Å². The molecule has 0 radical (unpaired) electrons. The molecule has 4 nitrogen and oxygen atoms in total. The van der Waals surface area contributed by atoms with Crippen LogP contribution in [0, 0.1) is 0 Å². The van der Waals surface area contributed by atoms with Gasteiger partial charge in [-0.05, 0) is 0 Å². The van der Waals surface area contributed by atoms with Gasteiger partial charge in [0.2, 0.25) is 0 Å². The molecule has 11 heavy (non-hydrogen) atoms. The Balaban J connectivity index is 2.60. The highest BCUT2D eigenvalue weighted by Gasteiger charge is 2.07. The highest BCUT2D eigenvalue weighted by atomic mass is 16.3. The summed E-state index contributed by atoms with van der Waals surface area (Å²) in [5, 5.41) is 21.7. The number of aliphatic hydroxyl groups is 2. The number of rotatable bonds is 3. The average molecular weight is 156 g/mol. The van der Waals surface area contributed by atoms with Crippen molar-refractivity contribution in [2.75, 3.05) is 6.61 Å². The van der Waals surface area contributed by atoms with Gasteiger partial charge in [-0.3, -0.25) is 4.68 Å². The zero-order chi connectivity index (χ0) is 8.27. The maximum atomic E-state index is 9.32. The highest BCUT2D eigenvalue weighted by molar-refractivity contribution is 5.07. The minimum Gasteiger partial charge on any atom is -0.396 e. The van der Waals surface area contributed by atoms with Crippen LogP contribution < -0.4 is 0 Å². The summed E-state index contributed by atoms with van der Waals surface area (Å²) in [6.45, 7) is -0.00391. The van der Waals surface area contributed by atoms with Gasteiger partial charge in [-0.2, -0.15) is 5.10 Å². The van der Waals surface area contributed by atoms with Crippen LogP contribution in [-0.2, 0) is 7.05 Å². The molecule has 0 bridgehead atoms. The third-order valence-electron chi connectivity index (χ3n) is 1.51. The lowest BCUT2D eigenvalue weighted by Crippen LogP contribution is -1.98. The van der Waals surface area contributed by atoms with E-state index in [1.165, 1.54) is 0 Å². The van der Waals surface area contributed by atoms with Gasteiger partial charge in [0.05, 0.1) is 12.3 Å². The minimum absolute atomic E-state index is 0.00391. The quantitative estimate of drug-likeness (QED) is 0.639. The second-order valence-corrected chi connectivity index (χ2v) is 2.48. The Labute approximate surface area is 65.1 Å². The summed E-state index contributed by atoms with van der Waals surface area (Å²) < 4.78 is 1.62. The van der Waals surface area contributed by atoms with E-state index in [2.05, 4.69) is 5.10 Å². The molecule has 0 aromatic carbocycles. The minimum atomic E-state index is -0.589. The van der Waals surface area contributed by atoms with E-state index in [1.54, 1.807) is 24.1 Å². The second-order valence-electron chi connectivity index (χ2n) is 2.48. The van der Waals surface area contributed by atoms with Crippen molar-refractivity contribution in [3.63, 3.8) is 0 Å². The second kappa shape index (κ2) is 3.50. The van der Waals surface area contributed by atoms with Crippen molar-refractivity contribution in [2.24, 2.45) is 7.05 Å². The molecule has 0 saturated heterocycles. The van der Waals surface area contributed by atoms with Crippen LogP contribution in [0.15, 0.2) is 12.4 Å². The van der Waals surface area contributed by atoms with Crippen molar-refractivity contribution in [1.29, 1.82) is 0 Å². The summed E-state index contributed by atoms with van der Waals surface area (Å²) in [6, 6.07) is 0. The maximum absolute atomic E-state index is 9.32. The van der Waals surface area contributed by atoms with E-state index < -0.39 is 6.10 Å². The molecule has 0 aliphatic heterocycles. The molecule has 4 heteroatoms. The first-order valence-corrected chi connectivity index (χ1v) is 3.51. The SMILES string of the molecule is Cn1cc([C@@H](O)CCO)cn1. The van der Waals surface area contributed by atoms with Crippen LogP contribution >= 0.6 is 0 Å². The number of nitrogens with zero attached hydrogens (tertiary/aromatic N) is 2. The fourth-order valence-electron chi connectivity index (χ4n) is 0.901. The standard InChI is InChI=1S/C7H12N2O2/c1-9-5-6(4-8-9)7(11)2-3-10/h4-5,7,10-11H,2-3H2,1H3/t7-/m0/s1. The number of aliphatic hydroxyl groups excluding tert-OH is 2.